The first-order valence-corrected chi connectivity index (χ1v) is 6.61. The van der Waals surface area contributed by atoms with Crippen LogP contribution in [0.25, 0.3) is 0 Å². The molecule has 0 bridgehead atoms. The number of nitrogens with zero attached hydrogens (tertiary/aromatic N) is 2. The van der Waals surface area contributed by atoms with Gasteiger partial charge >= 0.3 is 12.1 Å². The number of hydrogen-bond donors (Lipinski definition) is 0. The van der Waals surface area contributed by atoms with Gasteiger partial charge in [0.2, 0.25) is 11.8 Å². The van der Waals surface area contributed by atoms with Gasteiger partial charge in [0.15, 0.2) is 5.75 Å². The molecule has 0 aliphatic heterocycles. The Labute approximate surface area is 134 Å². The van der Waals surface area contributed by atoms with Crippen molar-refractivity contribution in [3.05, 3.63) is 46.7 Å². The summed E-state index contributed by atoms with van der Waals surface area (Å²) in [6.45, 7) is 2.49. The van der Waals surface area contributed by atoms with E-state index in [1.165, 1.54) is 6.92 Å². The minimum absolute atomic E-state index is 0.0552. The number of halogens is 4. The number of pyridine rings is 2. The zero-order valence-electron chi connectivity index (χ0n) is 12.9. The van der Waals surface area contributed by atoms with Crippen LogP contribution >= 0.6 is 0 Å². The number of aryl methyl sites for hydroxylation is 1. The average molecular weight is 344 g/mol. The van der Waals surface area contributed by atoms with Crippen molar-refractivity contribution in [1.82, 2.24) is 9.97 Å². The van der Waals surface area contributed by atoms with Crippen LogP contribution in [0.15, 0.2) is 18.3 Å². The maximum absolute atomic E-state index is 13.4. The van der Waals surface area contributed by atoms with Crippen LogP contribution in [0.4, 0.5) is 17.6 Å². The Bertz CT molecular complexity index is 791. The molecule has 0 unspecified atom stereocenters. The molecule has 24 heavy (non-hydrogen) atoms. The number of aromatic nitrogens is 2. The molecule has 0 amide bonds. The summed E-state index contributed by atoms with van der Waals surface area (Å²) in [5.41, 5.74) is -1.87. The van der Waals surface area contributed by atoms with Crippen molar-refractivity contribution < 1.29 is 31.8 Å². The van der Waals surface area contributed by atoms with Crippen LogP contribution < -0.4 is 4.74 Å². The molecule has 0 N–H and O–H groups in total. The van der Waals surface area contributed by atoms with Gasteiger partial charge in [0.05, 0.1) is 18.4 Å². The third-order valence-electron chi connectivity index (χ3n) is 3.20. The van der Waals surface area contributed by atoms with E-state index in [4.69, 9.17) is 4.74 Å². The molecule has 0 aliphatic carbocycles. The Morgan fingerprint density at radius 2 is 1.88 bits per heavy atom. The molecule has 128 valence electrons. The van der Waals surface area contributed by atoms with E-state index in [1.807, 2.05) is 0 Å². The third-order valence-corrected chi connectivity index (χ3v) is 3.20. The molecule has 0 saturated heterocycles. The summed E-state index contributed by atoms with van der Waals surface area (Å²) < 4.78 is 62.7. The van der Waals surface area contributed by atoms with Gasteiger partial charge in [-0.15, -0.1) is 0 Å². The second-order valence-corrected chi connectivity index (χ2v) is 4.79. The van der Waals surface area contributed by atoms with Gasteiger partial charge in [-0.1, -0.05) is 0 Å². The van der Waals surface area contributed by atoms with Crippen LogP contribution in [0.1, 0.15) is 27.2 Å². The molecule has 0 aliphatic rings. The lowest BCUT2D eigenvalue weighted by Gasteiger charge is -2.17. The molecule has 0 saturated carbocycles. The van der Waals surface area contributed by atoms with E-state index in [0.29, 0.717) is 0 Å². The first kappa shape index (κ1) is 17.6. The summed E-state index contributed by atoms with van der Waals surface area (Å²) in [4.78, 5) is 18.6. The zero-order chi connectivity index (χ0) is 18.1. The minimum Gasteiger partial charge on any atom is -0.465 e. The monoisotopic (exact) mass is 344 g/mol. The van der Waals surface area contributed by atoms with Gasteiger partial charge in [0.1, 0.15) is 5.56 Å². The topological polar surface area (TPSA) is 61.3 Å². The summed E-state index contributed by atoms with van der Waals surface area (Å²) in [7, 11) is 1.05. The first-order chi connectivity index (χ1) is 11.1. The van der Waals surface area contributed by atoms with Crippen LogP contribution in [-0.4, -0.2) is 23.0 Å². The van der Waals surface area contributed by atoms with E-state index in [0.717, 1.165) is 32.4 Å². The van der Waals surface area contributed by atoms with Crippen LogP contribution in [0.3, 0.4) is 0 Å². The Balaban J connectivity index is 2.57. The maximum Gasteiger partial charge on any atom is 0.421 e. The van der Waals surface area contributed by atoms with Crippen molar-refractivity contribution in [3.8, 4) is 11.6 Å². The summed E-state index contributed by atoms with van der Waals surface area (Å²) in [6.07, 6.45) is -3.89. The Morgan fingerprint density at radius 1 is 1.21 bits per heavy atom. The van der Waals surface area contributed by atoms with E-state index < -0.39 is 29.5 Å². The zero-order valence-corrected chi connectivity index (χ0v) is 12.9. The highest BCUT2D eigenvalue weighted by Crippen LogP contribution is 2.40. The fraction of sp³-hybridized carbons (Fsp3) is 0.267. The van der Waals surface area contributed by atoms with Gasteiger partial charge in [-0.3, -0.25) is 0 Å². The van der Waals surface area contributed by atoms with Crippen LogP contribution in [0.5, 0.6) is 11.6 Å². The highest BCUT2D eigenvalue weighted by atomic mass is 19.4. The number of alkyl halides is 3. The second kappa shape index (κ2) is 6.42. The Morgan fingerprint density at radius 3 is 2.42 bits per heavy atom. The van der Waals surface area contributed by atoms with Crippen molar-refractivity contribution >= 4 is 5.97 Å². The van der Waals surface area contributed by atoms with Crippen LogP contribution in [0, 0.1) is 19.8 Å². The molecule has 0 radical (unpaired) electrons. The normalized spacial score (nSPS) is 11.3. The Hall–Kier alpha value is -2.71. The molecule has 9 heteroatoms. The van der Waals surface area contributed by atoms with Gasteiger partial charge in [0.25, 0.3) is 0 Å². The van der Waals surface area contributed by atoms with Crippen molar-refractivity contribution in [2.24, 2.45) is 0 Å². The Kier molecular flexibility index (Phi) is 4.72. The van der Waals surface area contributed by atoms with E-state index in [1.54, 1.807) is 0 Å². The van der Waals surface area contributed by atoms with Gasteiger partial charge in [-0.05, 0) is 31.5 Å². The lowest BCUT2D eigenvalue weighted by Crippen LogP contribution is -2.15. The van der Waals surface area contributed by atoms with E-state index in [-0.39, 0.29) is 22.6 Å². The van der Waals surface area contributed by atoms with Gasteiger partial charge in [-0.2, -0.15) is 17.6 Å². The largest absolute Gasteiger partial charge is 0.465 e. The lowest BCUT2D eigenvalue weighted by atomic mass is 10.1. The fourth-order valence-corrected chi connectivity index (χ4v) is 2.04. The SMILES string of the molecule is COC(=O)c1cnc(Oc2ccc(F)nc2C)c(C(F)(F)F)c1C. The van der Waals surface area contributed by atoms with Gasteiger partial charge < -0.3 is 9.47 Å². The summed E-state index contributed by atoms with van der Waals surface area (Å²) in [5.74, 6) is -2.58. The average Bonchev–Trinajstić information content (AvgIpc) is 2.48. The van der Waals surface area contributed by atoms with Gasteiger partial charge in [0, 0.05) is 6.20 Å². The molecule has 5 nitrogen and oxygen atoms in total. The number of rotatable bonds is 3. The lowest BCUT2D eigenvalue weighted by molar-refractivity contribution is -0.139. The molecule has 0 fully saturated rings. The quantitative estimate of drug-likeness (QED) is 0.481. The number of methoxy groups -OCH3 is 1. The van der Waals surface area contributed by atoms with Crippen molar-refractivity contribution in [2.75, 3.05) is 7.11 Å². The summed E-state index contributed by atoms with van der Waals surface area (Å²) in [6, 6.07) is 2.09. The predicted molar refractivity (Wildman–Crippen MR) is 74.3 cm³/mol. The molecule has 2 rings (SSSR count). The van der Waals surface area contributed by atoms with Crippen LogP contribution in [-0.2, 0) is 10.9 Å². The highest BCUT2D eigenvalue weighted by Gasteiger charge is 2.39. The van der Waals surface area contributed by atoms with Crippen molar-refractivity contribution in [3.63, 3.8) is 0 Å². The standard InChI is InChI=1S/C15H12F4N2O3/c1-7-9(14(22)23-3)6-20-13(12(7)15(17,18)19)24-10-4-5-11(16)21-8(10)2/h4-6H,1-3H3. The number of hydrogen-bond acceptors (Lipinski definition) is 5. The van der Waals surface area contributed by atoms with E-state index in [2.05, 4.69) is 14.7 Å². The number of ether oxygens (including phenoxy) is 2. The summed E-state index contributed by atoms with van der Waals surface area (Å²) in [5, 5.41) is 0. The molecule has 2 aromatic rings. The van der Waals surface area contributed by atoms with E-state index >= 15 is 0 Å². The predicted octanol–water partition coefficient (Wildman–Crippen LogP) is 3.83. The maximum atomic E-state index is 13.4. The van der Waals surface area contributed by atoms with Crippen LogP contribution in [0.2, 0.25) is 0 Å². The smallest absolute Gasteiger partial charge is 0.421 e. The fourth-order valence-electron chi connectivity index (χ4n) is 2.04. The first-order valence-electron chi connectivity index (χ1n) is 6.61. The van der Waals surface area contributed by atoms with Crippen molar-refractivity contribution in [2.45, 2.75) is 20.0 Å². The number of carbonyl (C=O) groups excluding carboxylic acids is 1. The van der Waals surface area contributed by atoms with Crippen molar-refractivity contribution in [1.29, 1.82) is 0 Å². The molecule has 2 heterocycles. The molecule has 2 aromatic heterocycles. The molecule has 0 atom stereocenters. The van der Waals surface area contributed by atoms with Gasteiger partial charge in [-0.25, -0.2) is 14.8 Å². The second-order valence-electron chi connectivity index (χ2n) is 4.79. The molecule has 0 aromatic carbocycles. The molecule has 0 spiro atoms. The molecular weight excluding hydrogens is 332 g/mol. The third kappa shape index (κ3) is 3.44. The molecular formula is C15H12F4N2O3. The summed E-state index contributed by atoms with van der Waals surface area (Å²) >= 11 is 0. The van der Waals surface area contributed by atoms with E-state index in [9.17, 15) is 22.4 Å². The number of esters is 1. The minimum atomic E-state index is -4.82. The highest BCUT2D eigenvalue weighted by molar-refractivity contribution is 5.91. The number of carbonyl (C=O) groups is 1.